The highest BCUT2D eigenvalue weighted by Crippen LogP contribution is 2.22. The Balaban J connectivity index is 2.05. The van der Waals surface area contributed by atoms with E-state index < -0.39 is 5.91 Å². The normalized spacial score (nSPS) is 20.0. The SMILES string of the molecule is NC(=O)c1ccc(F)c(CN2CCCC(CCO)C2)c1. The number of halogens is 1. The van der Waals surface area contributed by atoms with E-state index in [0.717, 1.165) is 32.4 Å². The predicted molar refractivity (Wildman–Crippen MR) is 74.6 cm³/mol. The zero-order chi connectivity index (χ0) is 14.5. The number of piperidine rings is 1. The summed E-state index contributed by atoms with van der Waals surface area (Å²) >= 11 is 0. The molecule has 0 aromatic heterocycles. The van der Waals surface area contributed by atoms with Gasteiger partial charge in [0.1, 0.15) is 5.82 Å². The van der Waals surface area contributed by atoms with Gasteiger partial charge in [0.15, 0.2) is 0 Å². The molecular weight excluding hydrogens is 259 g/mol. The highest BCUT2D eigenvalue weighted by atomic mass is 19.1. The number of amides is 1. The maximum Gasteiger partial charge on any atom is 0.248 e. The van der Waals surface area contributed by atoms with Gasteiger partial charge >= 0.3 is 0 Å². The Morgan fingerprint density at radius 3 is 3.00 bits per heavy atom. The van der Waals surface area contributed by atoms with Gasteiger partial charge in [0, 0.05) is 30.8 Å². The van der Waals surface area contributed by atoms with E-state index in [0.29, 0.717) is 23.6 Å². The summed E-state index contributed by atoms with van der Waals surface area (Å²) in [7, 11) is 0. The second-order valence-electron chi connectivity index (χ2n) is 5.43. The molecule has 1 amide bonds. The van der Waals surface area contributed by atoms with E-state index in [1.165, 1.54) is 18.2 Å². The van der Waals surface area contributed by atoms with Crippen LogP contribution in [-0.2, 0) is 6.54 Å². The topological polar surface area (TPSA) is 66.6 Å². The molecule has 1 fully saturated rings. The maximum absolute atomic E-state index is 13.8. The van der Waals surface area contributed by atoms with Crippen LogP contribution in [0.2, 0.25) is 0 Å². The van der Waals surface area contributed by atoms with Crippen LogP contribution in [0.1, 0.15) is 35.2 Å². The van der Waals surface area contributed by atoms with Crippen molar-refractivity contribution < 1.29 is 14.3 Å². The van der Waals surface area contributed by atoms with Crippen molar-refractivity contribution >= 4 is 5.91 Å². The molecule has 5 heteroatoms. The third-order valence-electron chi connectivity index (χ3n) is 3.86. The Hall–Kier alpha value is -1.46. The van der Waals surface area contributed by atoms with Crippen LogP contribution in [0.15, 0.2) is 18.2 Å². The first-order valence-corrected chi connectivity index (χ1v) is 7.01. The molecule has 1 aliphatic rings. The second-order valence-corrected chi connectivity index (χ2v) is 5.43. The molecule has 1 aromatic carbocycles. The Kier molecular flexibility index (Phi) is 5.09. The molecule has 20 heavy (non-hydrogen) atoms. The van der Waals surface area contributed by atoms with Crippen molar-refractivity contribution in [1.82, 2.24) is 4.90 Å². The minimum absolute atomic E-state index is 0.198. The summed E-state index contributed by atoms with van der Waals surface area (Å²) in [6.45, 7) is 2.46. The first kappa shape index (κ1) is 14.9. The number of likely N-dealkylation sites (tertiary alicyclic amines) is 1. The highest BCUT2D eigenvalue weighted by molar-refractivity contribution is 5.92. The van der Waals surface area contributed by atoms with E-state index in [1.807, 2.05) is 0 Å². The number of aliphatic hydroxyl groups is 1. The Morgan fingerprint density at radius 2 is 2.30 bits per heavy atom. The maximum atomic E-state index is 13.8. The van der Waals surface area contributed by atoms with E-state index in [9.17, 15) is 9.18 Å². The number of hydrogen-bond acceptors (Lipinski definition) is 3. The number of aliphatic hydroxyl groups excluding tert-OH is 1. The van der Waals surface area contributed by atoms with Crippen LogP contribution in [0, 0.1) is 11.7 Å². The fourth-order valence-corrected chi connectivity index (χ4v) is 2.80. The molecule has 0 spiro atoms. The van der Waals surface area contributed by atoms with Crippen LogP contribution < -0.4 is 5.73 Å². The van der Waals surface area contributed by atoms with Crippen molar-refractivity contribution in [3.05, 3.63) is 35.1 Å². The summed E-state index contributed by atoms with van der Waals surface area (Å²) < 4.78 is 13.8. The smallest absolute Gasteiger partial charge is 0.248 e. The Morgan fingerprint density at radius 1 is 1.50 bits per heavy atom. The summed E-state index contributed by atoms with van der Waals surface area (Å²) in [6, 6.07) is 4.24. The Bertz CT molecular complexity index is 477. The molecule has 1 atom stereocenters. The van der Waals surface area contributed by atoms with Gasteiger partial charge in [0.25, 0.3) is 0 Å². The molecule has 2 rings (SSSR count). The second kappa shape index (κ2) is 6.81. The zero-order valence-electron chi connectivity index (χ0n) is 11.5. The number of benzene rings is 1. The highest BCUT2D eigenvalue weighted by Gasteiger charge is 2.20. The largest absolute Gasteiger partial charge is 0.396 e. The molecule has 110 valence electrons. The average Bonchev–Trinajstić information content (AvgIpc) is 2.42. The lowest BCUT2D eigenvalue weighted by Crippen LogP contribution is -2.35. The van der Waals surface area contributed by atoms with Crippen molar-refractivity contribution in [3.8, 4) is 0 Å². The lowest BCUT2D eigenvalue weighted by molar-refractivity contribution is 0.0999. The summed E-state index contributed by atoms with van der Waals surface area (Å²) in [5.41, 5.74) is 6.07. The van der Waals surface area contributed by atoms with Crippen LogP contribution in [0.5, 0.6) is 0 Å². The summed E-state index contributed by atoms with van der Waals surface area (Å²) in [5.74, 6) is -0.376. The van der Waals surface area contributed by atoms with Crippen LogP contribution in [0.25, 0.3) is 0 Å². The van der Waals surface area contributed by atoms with Gasteiger partial charge in [-0.25, -0.2) is 4.39 Å². The average molecular weight is 280 g/mol. The molecule has 1 aliphatic heterocycles. The van der Waals surface area contributed by atoms with Gasteiger partial charge in [-0.1, -0.05) is 0 Å². The van der Waals surface area contributed by atoms with Crippen LogP contribution >= 0.6 is 0 Å². The van der Waals surface area contributed by atoms with Gasteiger partial charge in [-0.15, -0.1) is 0 Å². The first-order valence-electron chi connectivity index (χ1n) is 7.01. The van der Waals surface area contributed by atoms with E-state index in [-0.39, 0.29) is 12.4 Å². The molecule has 0 bridgehead atoms. The van der Waals surface area contributed by atoms with Gasteiger partial charge in [0.2, 0.25) is 5.91 Å². The summed E-state index contributed by atoms with van der Waals surface area (Å²) in [6.07, 6.45) is 2.96. The zero-order valence-corrected chi connectivity index (χ0v) is 11.5. The van der Waals surface area contributed by atoms with E-state index >= 15 is 0 Å². The molecule has 0 aliphatic carbocycles. The number of nitrogens with zero attached hydrogens (tertiary/aromatic N) is 1. The minimum Gasteiger partial charge on any atom is -0.396 e. The molecule has 1 aromatic rings. The number of carbonyl (C=O) groups is 1. The lowest BCUT2D eigenvalue weighted by Gasteiger charge is -2.32. The Labute approximate surface area is 118 Å². The summed E-state index contributed by atoms with van der Waals surface area (Å²) in [4.78, 5) is 13.3. The van der Waals surface area contributed by atoms with Gasteiger partial charge in [-0.2, -0.15) is 0 Å². The molecule has 4 nitrogen and oxygen atoms in total. The van der Waals surface area contributed by atoms with E-state index in [4.69, 9.17) is 10.8 Å². The molecule has 1 saturated heterocycles. The molecule has 0 saturated carbocycles. The number of hydrogen-bond donors (Lipinski definition) is 2. The lowest BCUT2D eigenvalue weighted by atomic mass is 9.94. The number of rotatable bonds is 5. The van der Waals surface area contributed by atoms with E-state index in [1.54, 1.807) is 0 Å². The number of nitrogens with two attached hydrogens (primary N) is 1. The van der Waals surface area contributed by atoms with Crippen molar-refractivity contribution in [2.24, 2.45) is 11.7 Å². The van der Waals surface area contributed by atoms with Gasteiger partial charge in [0.05, 0.1) is 0 Å². The molecule has 3 N–H and O–H groups in total. The van der Waals surface area contributed by atoms with Crippen LogP contribution in [-0.4, -0.2) is 35.6 Å². The molecule has 1 unspecified atom stereocenters. The van der Waals surface area contributed by atoms with Crippen molar-refractivity contribution in [2.45, 2.75) is 25.8 Å². The fourth-order valence-electron chi connectivity index (χ4n) is 2.80. The van der Waals surface area contributed by atoms with Crippen molar-refractivity contribution in [3.63, 3.8) is 0 Å². The first-order chi connectivity index (χ1) is 9.60. The fraction of sp³-hybridized carbons (Fsp3) is 0.533. The van der Waals surface area contributed by atoms with Crippen molar-refractivity contribution in [2.75, 3.05) is 19.7 Å². The van der Waals surface area contributed by atoms with Gasteiger partial charge in [-0.05, 0) is 49.9 Å². The predicted octanol–water partition coefficient (Wildman–Crippen LogP) is 1.52. The molecular formula is C15H21FN2O2. The minimum atomic E-state index is -0.539. The number of primary amides is 1. The van der Waals surface area contributed by atoms with Gasteiger partial charge in [-0.3, -0.25) is 9.69 Å². The van der Waals surface area contributed by atoms with Crippen molar-refractivity contribution in [1.29, 1.82) is 0 Å². The number of carbonyl (C=O) groups excluding carboxylic acids is 1. The molecule has 1 heterocycles. The third kappa shape index (κ3) is 3.77. The summed E-state index contributed by atoms with van der Waals surface area (Å²) in [5, 5.41) is 9.01. The van der Waals surface area contributed by atoms with E-state index in [2.05, 4.69) is 4.90 Å². The van der Waals surface area contributed by atoms with Crippen LogP contribution in [0.4, 0.5) is 4.39 Å². The van der Waals surface area contributed by atoms with Gasteiger partial charge < -0.3 is 10.8 Å². The quantitative estimate of drug-likeness (QED) is 0.859. The van der Waals surface area contributed by atoms with Crippen LogP contribution in [0.3, 0.4) is 0 Å². The molecule has 0 radical (unpaired) electrons. The standard InChI is InChI=1S/C15H21FN2O2/c16-14-4-3-12(15(17)20)8-13(14)10-18-6-1-2-11(9-18)5-7-19/h3-4,8,11,19H,1-2,5-7,9-10H2,(H2,17,20). The monoisotopic (exact) mass is 280 g/mol. The third-order valence-corrected chi connectivity index (χ3v) is 3.86.